The molecule has 0 fully saturated rings. The van der Waals surface area contributed by atoms with E-state index in [0.717, 1.165) is 0 Å². The number of phenolic OH excluding ortho intramolecular Hbond substituents is 2. The van der Waals surface area contributed by atoms with Crippen LogP contribution in [0.2, 0.25) is 0 Å². The minimum atomic E-state index is -0.377. The highest BCUT2D eigenvalue weighted by atomic mass is 16.5. The lowest BCUT2D eigenvalue weighted by Gasteiger charge is -2.04. The quantitative estimate of drug-likeness (QED) is 0.583. The highest BCUT2D eigenvalue weighted by Gasteiger charge is 2.04. The summed E-state index contributed by atoms with van der Waals surface area (Å²) in [5.41, 5.74) is 3.18. The number of aromatic hydroxyl groups is 2. The number of ether oxygens (including phenoxy) is 1. The van der Waals surface area contributed by atoms with Gasteiger partial charge in [0.05, 0.1) is 12.8 Å². The standard InChI is InChI=1S/C16H16N2O4/c1-2-22-14-7-4-11(5-8-14)16(21)18-17-10-12-3-6-13(19)9-15(12)20/h3-10,19-20H,2H2,1H3,(H,18,21). The lowest BCUT2D eigenvalue weighted by Crippen LogP contribution is -2.17. The Labute approximate surface area is 127 Å². The van der Waals surface area contributed by atoms with Gasteiger partial charge in [-0.3, -0.25) is 4.79 Å². The van der Waals surface area contributed by atoms with Gasteiger partial charge in [-0.05, 0) is 43.3 Å². The average Bonchev–Trinajstić information content (AvgIpc) is 2.50. The smallest absolute Gasteiger partial charge is 0.271 e. The molecule has 0 aliphatic carbocycles. The van der Waals surface area contributed by atoms with Crippen LogP contribution in [0.25, 0.3) is 0 Å². The number of carbonyl (C=O) groups excluding carboxylic acids is 1. The molecule has 0 saturated carbocycles. The van der Waals surface area contributed by atoms with E-state index in [0.29, 0.717) is 23.5 Å². The summed E-state index contributed by atoms with van der Waals surface area (Å²) >= 11 is 0. The minimum Gasteiger partial charge on any atom is -0.508 e. The van der Waals surface area contributed by atoms with Gasteiger partial charge in [0.25, 0.3) is 5.91 Å². The van der Waals surface area contributed by atoms with Gasteiger partial charge in [0.1, 0.15) is 17.2 Å². The first kappa shape index (κ1) is 15.4. The third-order valence-electron chi connectivity index (χ3n) is 2.81. The van der Waals surface area contributed by atoms with Gasteiger partial charge in [-0.1, -0.05) is 0 Å². The number of hydrazone groups is 1. The first-order chi connectivity index (χ1) is 10.6. The summed E-state index contributed by atoms with van der Waals surface area (Å²) in [5, 5.41) is 22.5. The Balaban J connectivity index is 1.98. The fourth-order valence-corrected chi connectivity index (χ4v) is 1.74. The average molecular weight is 300 g/mol. The van der Waals surface area contributed by atoms with E-state index in [1.165, 1.54) is 24.4 Å². The van der Waals surface area contributed by atoms with Gasteiger partial charge in [-0.2, -0.15) is 5.10 Å². The normalized spacial score (nSPS) is 10.6. The SMILES string of the molecule is CCOc1ccc(C(=O)NN=Cc2ccc(O)cc2O)cc1. The Hall–Kier alpha value is -3.02. The lowest BCUT2D eigenvalue weighted by atomic mass is 10.2. The molecule has 0 unspecified atom stereocenters. The summed E-state index contributed by atoms with van der Waals surface area (Å²) in [6, 6.07) is 10.8. The summed E-state index contributed by atoms with van der Waals surface area (Å²) in [6.45, 7) is 2.44. The van der Waals surface area contributed by atoms with Gasteiger partial charge in [0.15, 0.2) is 0 Å². The summed E-state index contributed by atoms with van der Waals surface area (Å²) in [6.07, 6.45) is 1.29. The first-order valence-corrected chi connectivity index (χ1v) is 6.68. The number of rotatable bonds is 5. The summed E-state index contributed by atoms with van der Waals surface area (Å²) in [5.74, 6) is 0.140. The molecule has 1 amide bonds. The fourth-order valence-electron chi connectivity index (χ4n) is 1.74. The lowest BCUT2D eigenvalue weighted by molar-refractivity contribution is 0.0955. The molecule has 0 atom stereocenters. The van der Waals surface area contributed by atoms with Crippen LogP contribution in [0.3, 0.4) is 0 Å². The molecule has 6 heteroatoms. The largest absolute Gasteiger partial charge is 0.508 e. The fraction of sp³-hybridized carbons (Fsp3) is 0.125. The Morgan fingerprint density at radius 2 is 1.95 bits per heavy atom. The van der Waals surface area contributed by atoms with Crippen LogP contribution in [-0.4, -0.2) is 28.9 Å². The van der Waals surface area contributed by atoms with Gasteiger partial charge in [0.2, 0.25) is 0 Å². The van der Waals surface area contributed by atoms with Crippen LogP contribution in [0, 0.1) is 0 Å². The summed E-state index contributed by atoms with van der Waals surface area (Å²) in [7, 11) is 0. The van der Waals surface area contributed by atoms with E-state index >= 15 is 0 Å². The molecular weight excluding hydrogens is 284 g/mol. The number of hydrogen-bond donors (Lipinski definition) is 3. The molecule has 0 aromatic heterocycles. The van der Waals surface area contributed by atoms with E-state index in [-0.39, 0.29) is 17.4 Å². The van der Waals surface area contributed by atoms with Crippen LogP contribution >= 0.6 is 0 Å². The van der Waals surface area contributed by atoms with E-state index in [9.17, 15) is 15.0 Å². The van der Waals surface area contributed by atoms with Crippen molar-refractivity contribution in [1.29, 1.82) is 0 Å². The second-order valence-corrected chi connectivity index (χ2v) is 4.40. The molecule has 6 nitrogen and oxygen atoms in total. The van der Waals surface area contributed by atoms with Crippen molar-refractivity contribution in [2.75, 3.05) is 6.61 Å². The third kappa shape index (κ3) is 3.99. The molecule has 3 N–H and O–H groups in total. The van der Waals surface area contributed by atoms with Crippen LogP contribution < -0.4 is 10.2 Å². The Kier molecular flexibility index (Phi) is 4.98. The third-order valence-corrected chi connectivity index (χ3v) is 2.81. The number of hydrogen-bond acceptors (Lipinski definition) is 5. The molecular formula is C16H16N2O4. The monoisotopic (exact) mass is 300 g/mol. The number of nitrogens with zero attached hydrogens (tertiary/aromatic N) is 1. The maximum Gasteiger partial charge on any atom is 0.271 e. The first-order valence-electron chi connectivity index (χ1n) is 6.68. The predicted octanol–water partition coefficient (Wildman–Crippen LogP) is 2.26. The number of phenols is 2. The molecule has 2 aromatic rings. The van der Waals surface area contributed by atoms with E-state index in [4.69, 9.17) is 4.74 Å². The number of nitrogens with one attached hydrogen (secondary N) is 1. The van der Waals surface area contributed by atoms with Gasteiger partial charge in [-0.25, -0.2) is 5.43 Å². The molecule has 2 rings (SSSR count). The highest BCUT2D eigenvalue weighted by Crippen LogP contribution is 2.20. The topological polar surface area (TPSA) is 91.2 Å². The van der Waals surface area contributed by atoms with Crippen molar-refractivity contribution >= 4 is 12.1 Å². The Morgan fingerprint density at radius 1 is 1.23 bits per heavy atom. The molecule has 0 radical (unpaired) electrons. The van der Waals surface area contributed by atoms with E-state index in [1.807, 2.05) is 6.92 Å². The van der Waals surface area contributed by atoms with Crippen LogP contribution in [0.5, 0.6) is 17.2 Å². The van der Waals surface area contributed by atoms with E-state index in [2.05, 4.69) is 10.5 Å². The zero-order valence-electron chi connectivity index (χ0n) is 12.0. The van der Waals surface area contributed by atoms with Crippen LogP contribution in [-0.2, 0) is 0 Å². The minimum absolute atomic E-state index is 0.0481. The molecule has 0 aliphatic rings. The molecule has 0 saturated heterocycles. The molecule has 0 aliphatic heterocycles. The van der Waals surface area contributed by atoms with Gasteiger partial charge < -0.3 is 14.9 Å². The van der Waals surface area contributed by atoms with Gasteiger partial charge in [-0.15, -0.1) is 0 Å². The highest BCUT2D eigenvalue weighted by molar-refractivity contribution is 5.95. The number of benzene rings is 2. The summed E-state index contributed by atoms with van der Waals surface area (Å²) < 4.78 is 5.29. The Morgan fingerprint density at radius 3 is 2.59 bits per heavy atom. The van der Waals surface area contributed by atoms with Crippen LogP contribution in [0.1, 0.15) is 22.8 Å². The van der Waals surface area contributed by atoms with E-state index < -0.39 is 0 Å². The predicted molar refractivity (Wildman–Crippen MR) is 82.4 cm³/mol. The van der Waals surface area contributed by atoms with Crippen molar-refractivity contribution in [3.05, 3.63) is 53.6 Å². The van der Waals surface area contributed by atoms with Crippen molar-refractivity contribution in [3.63, 3.8) is 0 Å². The van der Waals surface area contributed by atoms with Crippen molar-refractivity contribution in [2.24, 2.45) is 5.10 Å². The summed E-state index contributed by atoms with van der Waals surface area (Å²) in [4.78, 5) is 11.9. The van der Waals surface area contributed by atoms with Crippen molar-refractivity contribution < 1.29 is 19.7 Å². The number of carbonyl (C=O) groups is 1. The maximum absolute atomic E-state index is 11.9. The molecule has 22 heavy (non-hydrogen) atoms. The zero-order valence-corrected chi connectivity index (χ0v) is 12.0. The molecule has 0 spiro atoms. The van der Waals surface area contributed by atoms with Crippen LogP contribution in [0.15, 0.2) is 47.6 Å². The number of amides is 1. The van der Waals surface area contributed by atoms with Crippen molar-refractivity contribution in [2.45, 2.75) is 6.92 Å². The molecule has 114 valence electrons. The van der Waals surface area contributed by atoms with Crippen molar-refractivity contribution in [3.8, 4) is 17.2 Å². The second kappa shape index (κ2) is 7.12. The second-order valence-electron chi connectivity index (χ2n) is 4.40. The Bertz CT molecular complexity index is 681. The van der Waals surface area contributed by atoms with Gasteiger partial charge in [0, 0.05) is 17.2 Å². The molecule has 0 bridgehead atoms. The molecule has 0 heterocycles. The zero-order chi connectivity index (χ0) is 15.9. The van der Waals surface area contributed by atoms with Crippen molar-refractivity contribution in [1.82, 2.24) is 5.43 Å². The molecule has 2 aromatic carbocycles. The maximum atomic E-state index is 11.9. The van der Waals surface area contributed by atoms with Gasteiger partial charge >= 0.3 is 0 Å². The van der Waals surface area contributed by atoms with Crippen LogP contribution in [0.4, 0.5) is 0 Å². The van der Waals surface area contributed by atoms with E-state index in [1.54, 1.807) is 24.3 Å².